The van der Waals surface area contributed by atoms with Crippen molar-refractivity contribution in [1.29, 1.82) is 0 Å². The van der Waals surface area contributed by atoms with Crippen LogP contribution in [-0.2, 0) is 11.2 Å². The van der Waals surface area contributed by atoms with Gasteiger partial charge in [-0.25, -0.2) is 0 Å². The first-order valence-corrected chi connectivity index (χ1v) is 6.19. The van der Waals surface area contributed by atoms with Crippen LogP contribution in [0.25, 0.3) is 0 Å². The van der Waals surface area contributed by atoms with Crippen LogP contribution in [0.4, 0.5) is 0 Å². The molecule has 3 nitrogen and oxygen atoms in total. The Balaban J connectivity index is 1.93. The number of benzene rings is 1. The molecule has 3 heteroatoms. The van der Waals surface area contributed by atoms with Crippen LogP contribution in [0.1, 0.15) is 17.5 Å². The lowest BCUT2D eigenvalue weighted by atomic mass is 10.1. The molecule has 17 heavy (non-hydrogen) atoms. The predicted molar refractivity (Wildman–Crippen MR) is 68.9 cm³/mol. The highest BCUT2D eigenvalue weighted by Gasteiger charge is 2.22. The fourth-order valence-electron chi connectivity index (χ4n) is 2.18. The van der Waals surface area contributed by atoms with E-state index in [2.05, 4.69) is 24.4 Å². The minimum absolute atomic E-state index is 0.211. The van der Waals surface area contributed by atoms with Crippen LogP contribution >= 0.6 is 0 Å². The number of carbonyl (C=O) groups is 1. The summed E-state index contributed by atoms with van der Waals surface area (Å²) in [5.74, 6) is 0.211. The summed E-state index contributed by atoms with van der Waals surface area (Å²) >= 11 is 0. The lowest BCUT2D eigenvalue weighted by Gasteiger charge is -2.23. The summed E-state index contributed by atoms with van der Waals surface area (Å²) < 4.78 is 0. The molecule has 0 aliphatic carbocycles. The number of hydrogen-bond acceptors (Lipinski definition) is 2. The molecular formula is C14H20N2O. The Morgan fingerprint density at radius 2 is 2.12 bits per heavy atom. The van der Waals surface area contributed by atoms with Crippen molar-refractivity contribution in [3.8, 4) is 0 Å². The van der Waals surface area contributed by atoms with E-state index >= 15 is 0 Å². The number of carbonyl (C=O) groups excluding carboxylic acids is 1. The largest absolute Gasteiger partial charge is 0.341 e. The molecule has 0 spiro atoms. The van der Waals surface area contributed by atoms with Crippen LogP contribution in [0.5, 0.6) is 0 Å². The maximum atomic E-state index is 12.1. The second kappa shape index (κ2) is 5.32. The van der Waals surface area contributed by atoms with Gasteiger partial charge in [0.1, 0.15) is 0 Å². The van der Waals surface area contributed by atoms with Crippen LogP contribution in [0, 0.1) is 6.92 Å². The Hall–Kier alpha value is -1.35. The van der Waals surface area contributed by atoms with E-state index in [1.54, 1.807) is 0 Å². The molecule has 1 atom stereocenters. The summed E-state index contributed by atoms with van der Waals surface area (Å²) in [6, 6.07) is 8.55. The average Bonchev–Trinajstić information content (AvgIpc) is 2.84. The van der Waals surface area contributed by atoms with Crippen LogP contribution in [0.3, 0.4) is 0 Å². The van der Waals surface area contributed by atoms with Crippen molar-refractivity contribution in [2.45, 2.75) is 25.8 Å². The third-order valence-electron chi connectivity index (χ3n) is 3.45. The molecule has 1 aliphatic heterocycles. The van der Waals surface area contributed by atoms with Crippen molar-refractivity contribution in [2.75, 3.05) is 20.1 Å². The zero-order chi connectivity index (χ0) is 12.3. The van der Waals surface area contributed by atoms with Gasteiger partial charge in [-0.2, -0.15) is 0 Å². The molecule has 0 saturated carbocycles. The zero-order valence-electron chi connectivity index (χ0n) is 10.6. The monoisotopic (exact) mass is 232 g/mol. The maximum Gasteiger partial charge on any atom is 0.227 e. The molecule has 1 fully saturated rings. The molecule has 1 N–H and O–H groups in total. The van der Waals surface area contributed by atoms with Crippen molar-refractivity contribution >= 4 is 5.91 Å². The first-order valence-electron chi connectivity index (χ1n) is 6.19. The number of likely N-dealkylation sites (N-methyl/N-ethyl adjacent to an activating group) is 1. The van der Waals surface area contributed by atoms with Crippen molar-refractivity contribution < 1.29 is 4.79 Å². The summed E-state index contributed by atoms with van der Waals surface area (Å²) in [4.78, 5) is 14.0. The fraction of sp³-hybridized carbons (Fsp3) is 0.500. The summed E-state index contributed by atoms with van der Waals surface area (Å²) in [6.45, 7) is 4.00. The third kappa shape index (κ3) is 3.07. The van der Waals surface area contributed by atoms with Crippen LogP contribution in [0.15, 0.2) is 24.3 Å². The summed E-state index contributed by atoms with van der Waals surface area (Å²) in [6.07, 6.45) is 1.57. The molecule has 0 bridgehead atoms. The Labute approximate surface area is 103 Å². The van der Waals surface area contributed by atoms with E-state index in [0.29, 0.717) is 12.5 Å². The SMILES string of the molecule is Cc1ccc(CC(=O)N(C)C2CCNC2)cc1. The molecule has 2 rings (SSSR count). The Kier molecular flexibility index (Phi) is 3.79. The number of nitrogens with one attached hydrogen (secondary N) is 1. The lowest BCUT2D eigenvalue weighted by Crippen LogP contribution is -2.39. The highest BCUT2D eigenvalue weighted by molar-refractivity contribution is 5.78. The molecule has 92 valence electrons. The molecule has 1 saturated heterocycles. The van der Waals surface area contributed by atoms with E-state index in [9.17, 15) is 4.79 Å². The van der Waals surface area contributed by atoms with E-state index in [0.717, 1.165) is 25.1 Å². The normalized spacial score (nSPS) is 19.3. The van der Waals surface area contributed by atoms with Gasteiger partial charge in [0.25, 0.3) is 0 Å². The van der Waals surface area contributed by atoms with Gasteiger partial charge in [-0.1, -0.05) is 29.8 Å². The molecule has 1 heterocycles. The minimum atomic E-state index is 0.211. The topological polar surface area (TPSA) is 32.3 Å². The zero-order valence-corrected chi connectivity index (χ0v) is 10.6. The summed E-state index contributed by atoms with van der Waals surface area (Å²) in [7, 11) is 1.91. The van der Waals surface area contributed by atoms with Crippen LogP contribution in [-0.4, -0.2) is 37.0 Å². The van der Waals surface area contributed by atoms with Gasteiger partial charge in [0, 0.05) is 19.6 Å². The molecule has 1 aromatic carbocycles. The lowest BCUT2D eigenvalue weighted by molar-refractivity contribution is -0.130. The highest BCUT2D eigenvalue weighted by atomic mass is 16.2. The fourth-order valence-corrected chi connectivity index (χ4v) is 2.18. The van der Waals surface area contributed by atoms with Crippen LogP contribution in [0.2, 0.25) is 0 Å². The van der Waals surface area contributed by atoms with Crippen molar-refractivity contribution in [3.05, 3.63) is 35.4 Å². The second-order valence-corrected chi connectivity index (χ2v) is 4.81. The summed E-state index contributed by atoms with van der Waals surface area (Å²) in [5.41, 5.74) is 2.33. The molecule has 1 amide bonds. The first kappa shape index (κ1) is 12.1. The van der Waals surface area contributed by atoms with Gasteiger partial charge in [-0.3, -0.25) is 4.79 Å². The molecule has 1 unspecified atom stereocenters. The predicted octanol–water partition coefficient (Wildman–Crippen LogP) is 1.36. The molecule has 1 aliphatic rings. The number of aryl methyl sites for hydroxylation is 1. The minimum Gasteiger partial charge on any atom is -0.341 e. The van der Waals surface area contributed by atoms with Gasteiger partial charge in [-0.05, 0) is 25.5 Å². The van der Waals surface area contributed by atoms with Crippen LogP contribution < -0.4 is 5.32 Å². The highest BCUT2D eigenvalue weighted by Crippen LogP contribution is 2.10. The van der Waals surface area contributed by atoms with E-state index in [1.807, 2.05) is 24.1 Å². The molecule has 1 aromatic rings. The van der Waals surface area contributed by atoms with Crippen molar-refractivity contribution in [2.24, 2.45) is 0 Å². The Morgan fingerprint density at radius 3 is 2.71 bits per heavy atom. The van der Waals surface area contributed by atoms with Gasteiger partial charge in [0.15, 0.2) is 0 Å². The van der Waals surface area contributed by atoms with E-state index in [4.69, 9.17) is 0 Å². The molecular weight excluding hydrogens is 212 g/mol. The Morgan fingerprint density at radius 1 is 1.41 bits per heavy atom. The van der Waals surface area contributed by atoms with Crippen molar-refractivity contribution in [1.82, 2.24) is 10.2 Å². The maximum absolute atomic E-state index is 12.1. The van der Waals surface area contributed by atoms with Crippen molar-refractivity contribution in [3.63, 3.8) is 0 Å². The number of hydrogen-bond donors (Lipinski definition) is 1. The number of nitrogens with zero attached hydrogens (tertiary/aromatic N) is 1. The quantitative estimate of drug-likeness (QED) is 0.853. The number of rotatable bonds is 3. The van der Waals surface area contributed by atoms with Gasteiger partial charge in [-0.15, -0.1) is 0 Å². The third-order valence-corrected chi connectivity index (χ3v) is 3.45. The van der Waals surface area contributed by atoms with Gasteiger partial charge < -0.3 is 10.2 Å². The number of amides is 1. The summed E-state index contributed by atoms with van der Waals surface area (Å²) in [5, 5.41) is 3.29. The first-order chi connectivity index (χ1) is 8.16. The second-order valence-electron chi connectivity index (χ2n) is 4.81. The Bertz CT molecular complexity index is 380. The van der Waals surface area contributed by atoms with E-state index < -0.39 is 0 Å². The average molecular weight is 232 g/mol. The van der Waals surface area contributed by atoms with E-state index in [1.165, 1.54) is 5.56 Å². The molecule has 0 aromatic heterocycles. The van der Waals surface area contributed by atoms with Gasteiger partial charge in [0.05, 0.1) is 6.42 Å². The van der Waals surface area contributed by atoms with Gasteiger partial charge >= 0.3 is 0 Å². The standard InChI is InChI=1S/C14H20N2O/c1-11-3-5-12(6-4-11)9-14(17)16(2)13-7-8-15-10-13/h3-6,13,15H,7-10H2,1-2H3. The molecule has 0 radical (unpaired) electrons. The van der Waals surface area contributed by atoms with E-state index in [-0.39, 0.29) is 5.91 Å². The smallest absolute Gasteiger partial charge is 0.227 e. The van der Waals surface area contributed by atoms with Gasteiger partial charge in [0.2, 0.25) is 5.91 Å².